The van der Waals surface area contributed by atoms with Crippen molar-refractivity contribution in [1.82, 2.24) is 5.32 Å². The van der Waals surface area contributed by atoms with Crippen LogP contribution in [-0.4, -0.2) is 38.9 Å². The Hall–Kier alpha value is -1.64. The molecule has 0 aliphatic heterocycles. The highest BCUT2D eigenvalue weighted by Crippen LogP contribution is 2.23. The van der Waals surface area contributed by atoms with Gasteiger partial charge in [0.15, 0.2) is 0 Å². The SMILES string of the molecule is C[C@H](C(=O)NCCSCc1ccco1)N(c1ccc(Cl)cc1)S(C)(=O)=O. The van der Waals surface area contributed by atoms with Crippen LogP contribution in [0, 0.1) is 0 Å². The standard InChI is InChI=1S/C17H21ClN2O4S2/c1-13(17(21)19-9-11-25-12-16-4-3-10-24-16)20(26(2,22)23)15-7-5-14(18)6-8-15/h3-8,10,13H,9,11-12H2,1-2H3,(H,19,21)/t13-/m1/s1. The molecule has 1 aromatic heterocycles. The number of carbonyl (C=O) groups is 1. The van der Waals surface area contributed by atoms with E-state index in [1.54, 1.807) is 49.2 Å². The van der Waals surface area contributed by atoms with Crippen molar-refractivity contribution in [3.05, 3.63) is 53.4 Å². The van der Waals surface area contributed by atoms with Gasteiger partial charge in [0.05, 0.1) is 24.0 Å². The number of furan rings is 1. The molecule has 0 aliphatic rings. The van der Waals surface area contributed by atoms with Crippen molar-refractivity contribution in [2.24, 2.45) is 0 Å². The molecular weight excluding hydrogens is 396 g/mol. The molecule has 0 radical (unpaired) electrons. The predicted molar refractivity (Wildman–Crippen MR) is 106 cm³/mol. The van der Waals surface area contributed by atoms with Crippen LogP contribution in [0.5, 0.6) is 0 Å². The fourth-order valence-electron chi connectivity index (χ4n) is 2.36. The normalized spacial score (nSPS) is 12.6. The van der Waals surface area contributed by atoms with Crippen LogP contribution in [0.1, 0.15) is 12.7 Å². The van der Waals surface area contributed by atoms with Crippen molar-refractivity contribution in [1.29, 1.82) is 0 Å². The number of rotatable bonds is 9. The maximum atomic E-state index is 12.4. The molecule has 1 N–H and O–H groups in total. The Balaban J connectivity index is 1.91. The molecule has 1 atom stereocenters. The van der Waals surface area contributed by atoms with Gasteiger partial charge >= 0.3 is 0 Å². The number of amides is 1. The molecular formula is C17H21ClN2O4S2. The summed E-state index contributed by atoms with van der Waals surface area (Å²) in [6, 6.07) is 9.18. The van der Waals surface area contributed by atoms with Gasteiger partial charge in [-0.05, 0) is 43.3 Å². The Morgan fingerprint density at radius 1 is 1.31 bits per heavy atom. The summed E-state index contributed by atoms with van der Waals surface area (Å²) in [6.07, 6.45) is 2.69. The zero-order valence-corrected chi connectivity index (χ0v) is 16.9. The molecule has 1 aromatic carbocycles. The van der Waals surface area contributed by atoms with E-state index < -0.39 is 16.1 Å². The lowest BCUT2D eigenvalue weighted by Crippen LogP contribution is -2.48. The number of anilines is 1. The Labute approximate surface area is 162 Å². The first-order chi connectivity index (χ1) is 12.3. The molecule has 2 aromatic rings. The van der Waals surface area contributed by atoms with Gasteiger partial charge in [0.2, 0.25) is 15.9 Å². The van der Waals surface area contributed by atoms with Gasteiger partial charge in [-0.25, -0.2) is 8.42 Å². The predicted octanol–water partition coefficient (Wildman–Crippen LogP) is 3.14. The summed E-state index contributed by atoms with van der Waals surface area (Å²) < 4.78 is 30.7. The number of carbonyl (C=O) groups excluding carboxylic acids is 1. The smallest absolute Gasteiger partial charge is 0.243 e. The number of nitrogens with zero attached hydrogens (tertiary/aromatic N) is 1. The van der Waals surface area contributed by atoms with Crippen LogP contribution in [0.4, 0.5) is 5.69 Å². The van der Waals surface area contributed by atoms with Gasteiger partial charge in [0.25, 0.3) is 0 Å². The summed E-state index contributed by atoms with van der Waals surface area (Å²) >= 11 is 7.47. The van der Waals surface area contributed by atoms with Crippen LogP contribution < -0.4 is 9.62 Å². The molecule has 0 aliphatic carbocycles. The van der Waals surface area contributed by atoms with Gasteiger partial charge in [-0.1, -0.05) is 11.6 Å². The van der Waals surface area contributed by atoms with E-state index in [2.05, 4.69) is 5.32 Å². The summed E-state index contributed by atoms with van der Waals surface area (Å²) in [5, 5.41) is 3.27. The first kappa shape index (κ1) is 20.7. The maximum absolute atomic E-state index is 12.4. The Morgan fingerprint density at radius 2 is 2.00 bits per heavy atom. The number of benzene rings is 1. The zero-order chi connectivity index (χ0) is 19.2. The van der Waals surface area contributed by atoms with Crippen molar-refractivity contribution in [2.45, 2.75) is 18.7 Å². The van der Waals surface area contributed by atoms with Gasteiger partial charge in [0, 0.05) is 17.3 Å². The number of sulfonamides is 1. The second-order valence-electron chi connectivity index (χ2n) is 5.63. The Bertz CT molecular complexity index is 808. The lowest BCUT2D eigenvalue weighted by molar-refractivity contribution is -0.121. The summed E-state index contributed by atoms with van der Waals surface area (Å²) in [4.78, 5) is 12.4. The summed E-state index contributed by atoms with van der Waals surface area (Å²) in [5.74, 6) is 1.93. The molecule has 26 heavy (non-hydrogen) atoms. The van der Waals surface area contributed by atoms with E-state index in [0.717, 1.165) is 22.1 Å². The number of thioether (sulfide) groups is 1. The molecule has 0 saturated heterocycles. The minimum Gasteiger partial charge on any atom is -0.468 e. The Kier molecular flexibility index (Phi) is 7.43. The molecule has 0 saturated carbocycles. The largest absolute Gasteiger partial charge is 0.468 e. The van der Waals surface area contributed by atoms with Gasteiger partial charge in [-0.15, -0.1) is 0 Å². The fraction of sp³-hybridized carbons (Fsp3) is 0.353. The Morgan fingerprint density at radius 3 is 2.58 bits per heavy atom. The van der Waals surface area contributed by atoms with Crippen LogP contribution in [0.25, 0.3) is 0 Å². The monoisotopic (exact) mass is 416 g/mol. The average molecular weight is 417 g/mol. The molecule has 1 heterocycles. The van der Waals surface area contributed by atoms with E-state index in [4.69, 9.17) is 16.0 Å². The van der Waals surface area contributed by atoms with Crippen LogP contribution >= 0.6 is 23.4 Å². The van der Waals surface area contributed by atoms with Crippen molar-refractivity contribution in [3.63, 3.8) is 0 Å². The maximum Gasteiger partial charge on any atom is 0.243 e. The number of hydrogen-bond donors (Lipinski definition) is 1. The van der Waals surface area contributed by atoms with Gasteiger partial charge in [-0.2, -0.15) is 11.8 Å². The molecule has 1 amide bonds. The van der Waals surface area contributed by atoms with E-state index in [0.29, 0.717) is 23.0 Å². The van der Waals surface area contributed by atoms with E-state index in [1.807, 2.05) is 12.1 Å². The van der Waals surface area contributed by atoms with Crippen molar-refractivity contribution in [2.75, 3.05) is 22.9 Å². The van der Waals surface area contributed by atoms with Gasteiger partial charge < -0.3 is 9.73 Å². The molecule has 0 fully saturated rings. The summed E-state index contributed by atoms with van der Waals surface area (Å²) in [6.45, 7) is 1.99. The molecule has 9 heteroatoms. The minimum atomic E-state index is -3.63. The quantitative estimate of drug-likeness (QED) is 0.635. The third kappa shape index (κ3) is 5.96. The number of nitrogens with one attached hydrogen (secondary N) is 1. The third-order valence-electron chi connectivity index (χ3n) is 3.54. The first-order valence-corrected chi connectivity index (χ1v) is 11.3. The molecule has 0 spiro atoms. The van der Waals surface area contributed by atoms with E-state index in [1.165, 1.54) is 0 Å². The van der Waals surface area contributed by atoms with E-state index >= 15 is 0 Å². The molecule has 6 nitrogen and oxygen atoms in total. The van der Waals surface area contributed by atoms with E-state index in [-0.39, 0.29) is 5.91 Å². The highest BCUT2D eigenvalue weighted by atomic mass is 35.5. The second kappa shape index (κ2) is 9.34. The van der Waals surface area contributed by atoms with Crippen molar-refractivity contribution < 1.29 is 17.6 Å². The minimum absolute atomic E-state index is 0.357. The summed E-state index contributed by atoms with van der Waals surface area (Å²) in [7, 11) is -3.63. The fourth-order valence-corrected chi connectivity index (χ4v) is 4.42. The van der Waals surface area contributed by atoms with Crippen molar-refractivity contribution >= 4 is 45.0 Å². The molecule has 2 rings (SSSR count). The number of hydrogen-bond acceptors (Lipinski definition) is 5. The van der Waals surface area contributed by atoms with E-state index in [9.17, 15) is 13.2 Å². The van der Waals surface area contributed by atoms with Crippen LogP contribution in [0.3, 0.4) is 0 Å². The topological polar surface area (TPSA) is 79.6 Å². The first-order valence-electron chi connectivity index (χ1n) is 7.92. The van der Waals surface area contributed by atoms with Crippen LogP contribution in [-0.2, 0) is 20.6 Å². The molecule has 0 bridgehead atoms. The molecule has 0 unspecified atom stereocenters. The van der Waals surface area contributed by atoms with Crippen LogP contribution in [0.15, 0.2) is 47.1 Å². The molecule has 142 valence electrons. The summed E-state index contributed by atoms with van der Waals surface area (Å²) in [5.41, 5.74) is 0.395. The van der Waals surface area contributed by atoms with Crippen molar-refractivity contribution in [3.8, 4) is 0 Å². The lowest BCUT2D eigenvalue weighted by Gasteiger charge is -2.28. The lowest BCUT2D eigenvalue weighted by atomic mass is 10.2. The van der Waals surface area contributed by atoms with Gasteiger partial charge in [0.1, 0.15) is 11.8 Å². The second-order valence-corrected chi connectivity index (χ2v) is 9.04. The highest BCUT2D eigenvalue weighted by molar-refractivity contribution is 7.98. The third-order valence-corrected chi connectivity index (χ3v) is 6.01. The average Bonchev–Trinajstić information content (AvgIpc) is 3.08. The zero-order valence-electron chi connectivity index (χ0n) is 14.5. The van der Waals surface area contributed by atoms with Crippen LogP contribution in [0.2, 0.25) is 5.02 Å². The van der Waals surface area contributed by atoms with Gasteiger partial charge in [-0.3, -0.25) is 9.10 Å². The number of halogens is 1. The highest BCUT2D eigenvalue weighted by Gasteiger charge is 2.28.